The summed E-state index contributed by atoms with van der Waals surface area (Å²) in [5.74, 6) is -0.362. The number of rotatable bonds is 3. The molecule has 0 atom stereocenters. The number of nitrogens with one attached hydrogen (secondary N) is 2. The lowest BCUT2D eigenvalue weighted by Crippen LogP contribution is -2.53. The van der Waals surface area contributed by atoms with Gasteiger partial charge in [-0.25, -0.2) is 9.18 Å². The number of nitrogens with two attached hydrogens (primary N) is 1. The molecule has 0 spiro atoms. The molecule has 0 bridgehead atoms. The molecular formula is C11H14FN3OS. The Kier molecular flexibility index (Phi) is 4.01. The zero-order chi connectivity index (χ0) is 13.1. The fraction of sp³-hybridized carbons (Fsp3) is 0.273. The van der Waals surface area contributed by atoms with Crippen molar-refractivity contribution >= 4 is 28.9 Å². The lowest BCUT2D eigenvalue weighted by molar-refractivity contribution is 0.247. The van der Waals surface area contributed by atoms with Crippen molar-refractivity contribution in [2.45, 2.75) is 19.4 Å². The maximum Gasteiger partial charge on any atom is 0.319 e. The van der Waals surface area contributed by atoms with Gasteiger partial charge in [0.25, 0.3) is 0 Å². The van der Waals surface area contributed by atoms with Gasteiger partial charge in [-0.3, -0.25) is 0 Å². The summed E-state index contributed by atoms with van der Waals surface area (Å²) in [5.41, 5.74) is 5.18. The summed E-state index contributed by atoms with van der Waals surface area (Å²) < 4.78 is 12.6. The van der Waals surface area contributed by atoms with Gasteiger partial charge in [0.15, 0.2) is 0 Å². The lowest BCUT2D eigenvalue weighted by atomic mass is 10.1. The largest absolute Gasteiger partial charge is 0.391 e. The maximum atomic E-state index is 12.6. The van der Waals surface area contributed by atoms with Gasteiger partial charge in [0.05, 0.1) is 10.5 Å². The van der Waals surface area contributed by atoms with Crippen LogP contribution >= 0.6 is 12.2 Å². The fourth-order valence-electron chi connectivity index (χ4n) is 1.04. The van der Waals surface area contributed by atoms with Crippen molar-refractivity contribution in [3.63, 3.8) is 0 Å². The molecule has 1 rings (SSSR count). The second-order valence-electron chi connectivity index (χ2n) is 4.08. The van der Waals surface area contributed by atoms with Gasteiger partial charge in [0.1, 0.15) is 5.82 Å². The Morgan fingerprint density at radius 2 is 1.88 bits per heavy atom. The number of halogens is 1. The number of thiocarbonyl (C=S) groups is 1. The molecule has 0 fully saturated rings. The summed E-state index contributed by atoms with van der Waals surface area (Å²) in [7, 11) is 0. The van der Waals surface area contributed by atoms with Crippen molar-refractivity contribution < 1.29 is 9.18 Å². The van der Waals surface area contributed by atoms with E-state index in [0.29, 0.717) is 5.69 Å². The SMILES string of the molecule is CC(C)(NC(=O)Nc1ccc(F)cc1)C(N)=S. The van der Waals surface area contributed by atoms with E-state index in [1.165, 1.54) is 24.3 Å². The molecule has 17 heavy (non-hydrogen) atoms. The molecule has 0 aromatic heterocycles. The minimum atomic E-state index is -0.778. The van der Waals surface area contributed by atoms with Gasteiger partial charge in [-0.2, -0.15) is 0 Å². The number of hydrogen-bond donors (Lipinski definition) is 3. The van der Waals surface area contributed by atoms with Crippen LogP contribution in [-0.2, 0) is 0 Å². The van der Waals surface area contributed by atoms with Crippen molar-refractivity contribution in [2.75, 3.05) is 5.32 Å². The topological polar surface area (TPSA) is 67.2 Å². The number of carbonyl (C=O) groups excluding carboxylic acids is 1. The van der Waals surface area contributed by atoms with E-state index in [-0.39, 0.29) is 10.8 Å². The minimum absolute atomic E-state index is 0.187. The van der Waals surface area contributed by atoms with Crippen molar-refractivity contribution in [3.05, 3.63) is 30.1 Å². The smallest absolute Gasteiger partial charge is 0.319 e. The molecule has 4 N–H and O–H groups in total. The Balaban J connectivity index is 2.62. The van der Waals surface area contributed by atoms with E-state index < -0.39 is 11.6 Å². The molecule has 1 aromatic carbocycles. The van der Waals surface area contributed by atoms with Crippen LogP contribution < -0.4 is 16.4 Å². The first-order chi connectivity index (χ1) is 7.81. The molecule has 0 radical (unpaired) electrons. The Morgan fingerprint density at radius 1 is 1.35 bits per heavy atom. The highest BCUT2D eigenvalue weighted by Crippen LogP contribution is 2.09. The van der Waals surface area contributed by atoms with Crippen LogP contribution in [0.4, 0.5) is 14.9 Å². The number of benzene rings is 1. The Morgan fingerprint density at radius 3 is 2.35 bits per heavy atom. The maximum absolute atomic E-state index is 12.6. The van der Waals surface area contributed by atoms with Crippen LogP contribution in [0, 0.1) is 5.82 Å². The Bertz CT molecular complexity index is 431. The molecule has 0 aliphatic rings. The Hall–Kier alpha value is -1.69. The second kappa shape index (κ2) is 5.09. The number of hydrogen-bond acceptors (Lipinski definition) is 2. The highest BCUT2D eigenvalue weighted by Gasteiger charge is 2.23. The zero-order valence-electron chi connectivity index (χ0n) is 9.58. The molecule has 2 amide bonds. The van der Waals surface area contributed by atoms with Crippen LogP contribution in [0.15, 0.2) is 24.3 Å². The first-order valence-corrected chi connectivity index (χ1v) is 5.37. The Labute approximate surface area is 104 Å². The van der Waals surface area contributed by atoms with E-state index >= 15 is 0 Å². The van der Waals surface area contributed by atoms with Gasteiger partial charge in [-0.15, -0.1) is 0 Å². The van der Waals surface area contributed by atoms with Gasteiger partial charge < -0.3 is 16.4 Å². The van der Waals surface area contributed by atoms with Gasteiger partial charge in [0.2, 0.25) is 0 Å². The number of amides is 2. The van der Waals surface area contributed by atoms with Crippen LogP contribution in [0.5, 0.6) is 0 Å². The highest BCUT2D eigenvalue weighted by atomic mass is 32.1. The average molecular weight is 255 g/mol. The summed E-state index contributed by atoms with van der Waals surface area (Å²) in [4.78, 5) is 11.8. The van der Waals surface area contributed by atoms with E-state index in [2.05, 4.69) is 10.6 Å². The van der Waals surface area contributed by atoms with Crippen LogP contribution in [0.3, 0.4) is 0 Å². The third kappa shape index (κ3) is 3.99. The molecule has 1 aromatic rings. The summed E-state index contributed by atoms with van der Waals surface area (Å²) in [6.07, 6.45) is 0. The van der Waals surface area contributed by atoms with Crippen LogP contribution in [0.1, 0.15) is 13.8 Å². The molecule has 92 valence electrons. The lowest BCUT2D eigenvalue weighted by Gasteiger charge is -2.24. The molecule has 0 heterocycles. The van der Waals surface area contributed by atoms with Crippen molar-refractivity contribution in [2.24, 2.45) is 5.73 Å². The van der Waals surface area contributed by atoms with Gasteiger partial charge in [0, 0.05) is 5.69 Å². The molecule has 0 saturated heterocycles. The summed E-state index contributed by atoms with van der Waals surface area (Å²) >= 11 is 4.82. The summed E-state index contributed by atoms with van der Waals surface area (Å²) in [6.45, 7) is 3.39. The number of carbonyl (C=O) groups is 1. The van der Waals surface area contributed by atoms with Gasteiger partial charge in [-0.1, -0.05) is 12.2 Å². The predicted octanol–water partition coefficient (Wildman–Crippen LogP) is 2.01. The molecule has 0 unspecified atom stereocenters. The predicted molar refractivity (Wildman–Crippen MR) is 69.4 cm³/mol. The van der Waals surface area contributed by atoms with E-state index in [4.69, 9.17) is 18.0 Å². The molecule has 0 saturated carbocycles. The van der Waals surface area contributed by atoms with E-state index in [1.807, 2.05) is 0 Å². The minimum Gasteiger partial charge on any atom is -0.391 e. The van der Waals surface area contributed by atoms with Crippen LogP contribution in [0.2, 0.25) is 0 Å². The third-order valence-electron chi connectivity index (χ3n) is 2.14. The number of anilines is 1. The van der Waals surface area contributed by atoms with Crippen LogP contribution in [0.25, 0.3) is 0 Å². The van der Waals surface area contributed by atoms with Crippen molar-refractivity contribution in [1.29, 1.82) is 0 Å². The van der Waals surface area contributed by atoms with Crippen molar-refractivity contribution in [1.82, 2.24) is 5.32 Å². The third-order valence-corrected chi connectivity index (χ3v) is 2.65. The summed E-state index contributed by atoms with van der Waals surface area (Å²) in [5, 5.41) is 5.16. The first-order valence-electron chi connectivity index (χ1n) is 4.96. The van der Waals surface area contributed by atoms with E-state index in [1.54, 1.807) is 13.8 Å². The molecule has 0 aliphatic carbocycles. The zero-order valence-corrected chi connectivity index (χ0v) is 10.4. The highest BCUT2D eigenvalue weighted by molar-refractivity contribution is 7.80. The number of urea groups is 1. The van der Waals surface area contributed by atoms with E-state index in [0.717, 1.165) is 0 Å². The van der Waals surface area contributed by atoms with Gasteiger partial charge >= 0.3 is 6.03 Å². The molecule has 4 nitrogen and oxygen atoms in total. The quantitative estimate of drug-likeness (QED) is 0.724. The van der Waals surface area contributed by atoms with Crippen molar-refractivity contribution in [3.8, 4) is 0 Å². The second-order valence-corrected chi connectivity index (χ2v) is 4.52. The van der Waals surface area contributed by atoms with E-state index in [9.17, 15) is 9.18 Å². The molecule has 0 aliphatic heterocycles. The monoisotopic (exact) mass is 255 g/mol. The van der Waals surface area contributed by atoms with Crippen LogP contribution in [-0.4, -0.2) is 16.6 Å². The standard InChI is InChI=1S/C11H14FN3OS/c1-11(2,9(13)17)15-10(16)14-8-5-3-7(12)4-6-8/h3-6H,1-2H3,(H2,13,17)(H2,14,15,16). The van der Waals surface area contributed by atoms with Gasteiger partial charge in [-0.05, 0) is 38.1 Å². The summed E-state index contributed by atoms with van der Waals surface area (Å²) in [6, 6.07) is 4.99. The molecular weight excluding hydrogens is 241 g/mol. The fourth-order valence-corrected chi connectivity index (χ4v) is 1.09. The average Bonchev–Trinajstić information content (AvgIpc) is 2.20. The normalized spacial score (nSPS) is 10.8. The first kappa shape index (κ1) is 13.4. The molecule has 6 heteroatoms.